The highest BCUT2D eigenvalue weighted by Gasteiger charge is 2.37. The number of thiazole rings is 1. The quantitative estimate of drug-likeness (QED) is 0.859. The fourth-order valence-electron chi connectivity index (χ4n) is 3.91. The molecule has 1 saturated heterocycles. The molecule has 2 aromatic heterocycles. The molecule has 138 valence electrons. The van der Waals surface area contributed by atoms with Crippen LogP contribution in [-0.4, -0.2) is 39.5 Å². The first-order valence-electron chi connectivity index (χ1n) is 8.85. The van der Waals surface area contributed by atoms with E-state index in [4.69, 9.17) is 0 Å². The highest BCUT2D eigenvalue weighted by Crippen LogP contribution is 2.38. The van der Waals surface area contributed by atoms with Gasteiger partial charge in [0.1, 0.15) is 0 Å². The van der Waals surface area contributed by atoms with E-state index < -0.39 is 0 Å². The van der Waals surface area contributed by atoms with Gasteiger partial charge in [0.2, 0.25) is 5.91 Å². The van der Waals surface area contributed by atoms with Gasteiger partial charge in [0.25, 0.3) is 0 Å². The van der Waals surface area contributed by atoms with E-state index in [9.17, 15) is 9.59 Å². The number of fused-ring (bicyclic) bond motifs is 1. The lowest BCUT2D eigenvalue weighted by atomic mass is 9.78. The van der Waals surface area contributed by atoms with Gasteiger partial charge in [-0.15, -0.1) is 0 Å². The summed E-state index contributed by atoms with van der Waals surface area (Å²) in [5.41, 5.74) is 1.81. The molecule has 2 atom stereocenters. The molecule has 1 amide bonds. The van der Waals surface area contributed by atoms with Crippen LogP contribution in [0.5, 0.6) is 0 Å². The Labute approximate surface area is 156 Å². The standard InChI is InChI=1S/C18H23N5O2S/c1-18(2)4-13-15(14(24)5-18)26-17(21-13)22-16(25)12-8-19-7-11(12)10-6-20-23(3)9-10/h6,9,11-12,19H,4-5,7-8H2,1-3H3,(H,21,22,25)/t11-,12+/m1/s1. The van der Waals surface area contributed by atoms with Gasteiger partial charge < -0.3 is 10.6 Å². The molecule has 26 heavy (non-hydrogen) atoms. The summed E-state index contributed by atoms with van der Waals surface area (Å²) in [4.78, 5) is 30.4. The lowest BCUT2D eigenvalue weighted by Crippen LogP contribution is -2.28. The number of nitrogens with zero attached hydrogens (tertiary/aromatic N) is 3. The topological polar surface area (TPSA) is 88.9 Å². The van der Waals surface area contributed by atoms with Crippen molar-refractivity contribution in [2.75, 3.05) is 18.4 Å². The van der Waals surface area contributed by atoms with Crippen molar-refractivity contribution in [3.05, 3.63) is 28.5 Å². The van der Waals surface area contributed by atoms with E-state index in [0.717, 1.165) is 24.2 Å². The number of ketones is 1. The Bertz CT molecular complexity index is 869. The molecule has 1 aliphatic carbocycles. The van der Waals surface area contributed by atoms with E-state index in [1.807, 2.05) is 19.4 Å². The molecule has 0 bridgehead atoms. The van der Waals surface area contributed by atoms with E-state index in [1.165, 1.54) is 11.3 Å². The number of hydrogen-bond acceptors (Lipinski definition) is 6. The van der Waals surface area contributed by atoms with Gasteiger partial charge in [-0.05, 0) is 17.4 Å². The summed E-state index contributed by atoms with van der Waals surface area (Å²) in [6.45, 7) is 5.54. The maximum atomic E-state index is 12.8. The molecule has 0 aromatic carbocycles. The number of anilines is 1. The number of rotatable bonds is 3. The van der Waals surface area contributed by atoms with Crippen molar-refractivity contribution in [3.8, 4) is 0 Å². The van der Waals surface area contributed by atoms with Gasteiger partial charge in [-0.2, -0.15) is 5.10 Å². The average Bonchev–Trinajstić information content (AvgIpc) is 3.24. The molecular weight excluding hydrogens is 350 g/mol. The van der Waals surface area contributed by atoms with Crippen molar-refractivity contribution in [1.82, 2.24) is 20.1 Å². The minimum atomic E-state index is -0.174. The lowest BCUT2D eigenvalue weighted by molar-refractivity contribution is -0.119. The van der Waals surface area contributed by atoms with Crippen LogP contribution < -0.4 is 10.6 Å². The zero-order chi connectivity index (χ0) is 18.5. The van der Waals surface area contributed by atoms with Gasteiger partial charge in [-0.25, -0.2) is 4.98 Å². The van der Waals surface area contributed by atoms with E-state index in [1.54, 1.807) is 4.68 Å². The molecule has 1 fully saturated rings. The smallest absolute Gasteiger partial charge is 0.231 e. The molecule has 7 nitrogen and oxygen atoms in total. The van der Waals surface area contributed by atoms with Crippen LogP contribution in [0, 0.1) is 11.3 Å². The Balaban J connectivity index is 1.51. The molecule has 0 unspecified atom stereocenters. The van der Waals surface area contributed by atoms with E-state index >= 15 is 0 Å². The van der Waals surface area contributed by atoms with Crippen molar-refractivity contribution in [2.45, 2.75) is 32.6 Å². The molecule has 0 radical (unpaired) electrons. The summed E-state index contributed by atoms with van der Waals surface area (Å²) >= 11 is 1.30. The van der Waals surface area contributed by atoms with Crippen LogP contribution in [0.15, 0.2) is 12.4 Å². The van der Waals surface area contributed by atoms with Crippen LogP contribution in [0.1, 0.15) is 47.1 Å². The van der Waals surface area contributed by atoms with E-state index in [-0.39, 0.29) is 28.9 Å². The number of carbonyl (C=O) groups is 2. The first kappa shape index (κ1) is 17.4. The van der Waals surface area contributed by atoms with Gasteiger partial charge in [0, 0.05) is 38.7 Å². The molecule has 2 N–H and O–H groups in total. The van der Waals surface area contributed by atoms with Crippen molar-refractivity contribution in [1.29, 1.82) is 0 Å². The maximum absolute atomic E-state index is 12.8. The fraction of sp³-hybridized carbons (Fsp3) is 0.556. The Morgan fingerprint density at radius 2 is 2.19 bits per heavy atom. The highest BCUT2D eigenvalue weighted by atomic mass is 32.1. The van der Waals surface area contributed by atoms with Crippen LogP contribution in [0.2, 0.25) is 0 Å². The molecule has 8 heteroatoms. The minimum absolute atomic E-state index is 0.0540. The highest BCUT2D eigenvalue weighted by molar-refractivity contribution is 7.17. The third-order valence-corrected chi connectivity index (χ3v) is 6.22. The number of amides is 1. The molecule has 0 spiro atoms. The maximum Gasteiger partial charge on any atom is 0.231 e. The number of aryl methyl sites for hydroxylation is 1. The summed E-state index contributed by atoms with van der Waals surface area (Å²) < 4.78 is 1.75. The number of carbonyl (C=O) groups excluding carboxylic acids is 2. The summed E-state index contributed by atoms with van der Waals surface area (Å²) in [5.74, 6) is -0.00204. The van der Waals surface area contributed by atoms with Gasteiger partial charge in [0.05, 0.1) is 22.7 Å². The molecule has 2 aliphatic rings. The third-order valence-electron chi connectivity index (χ3n) is 5.17. The second-order valence-corrected chi connectivity index (χ2v) is 9.04. The zero-order valence-corrected chi connectivity index (χ0v) is 16.0. The molecule has 4 rings (SSSR count). The Morgan fingerprint density at radius 1 is 1.38 bits per heavy atom. The first-order valence-corrected chi connectivity index (χ1v) is 9.67. The predicted molar refractivity (Wildman–Crippen MR) is 99.5 cm³/mol. The number of hydrogen-bond donors (Lipinski definition) is 2. The molecule has 2 aromatic rings. The van der Waals surface area contributed by atoms with Gasteiger partial charge in [-0.3, -0.25) is 14.3 Å². The average molecular weight is 373 g/mol. The molecule has 0 saturated carbocycles. The monoisotopic (exact) mass is 373 g/mol. The minimum Gasteiger partial charge on any atom is -0.315 e. The summed E-state index contributed by atoms with van der Waals surface area (Å²) in [7, 11) is 1.87. The SMILES string of the molecule is Cn1cc([C@H]2CNC[C@@H]2C(=O)Nc2nc3c(s2)C(=O)CC(C)(C)C3)cn1. The zero-order valence-electron chi connectivity index (χ0n) is 15.2. The van der Waals surface area contributed by atoms with Crippen LogP contribution in [0.4, 0.5) is 5.13 Å². The van der Waals surface area contributed by atoms with Gasteiger partial charge in [0.15, 0.2) is 10.9 Å². The second-order valence-electron chi connectivity index (χ2n) is 8.04. The van der Waals surface area contributed by atoms with Crippen molar-refractivity contribution in [3.63, 3.8) is 0 Å². The Hall–Kier alpha value is -2.06. The molecule has 1 aliphatic heterocycles. The predicted octanol–water partition coefficient (Wildman–Crippen LogP) is 1.97. The molecule has 3 heterocycles. The lowest BCUT2D eigenvalue weighted by Gasteiger charge is -2.26. The van der Waals surface area contributed by atoms with E-state index in [0.29, 0.717) is 23.0 Å². The van der Waals surface area contributed by atoms with Crippen molar-refractivity contribution in [2.24, 2.45) is 18.4 Å². The van der Waals surface area contributed by atoms with Crippen LogP contribution in [0.3, 0.4) is 0 Å². The summed E-state index contributed by atoms with van der Waals surface area (Å²) in [5, 5.41) is 11.0. The second kappa shape index (κ2) is 6.28. The van der Waals surface area contributed by atoms with Crippen LogP contribution in [-0.2, 0) is 18.3 Å². The fourth-order valence-corrected chi connectivity index (χ4v) is 4.83. The summed E-state index contributed by atoms with van der Waals surface area (Å²) in [6.07, 6.45) is 5.08. The van der Waals surface area contributed by atoms with Crippen molar-refractivity contribution < 1.29 is 9.59 Å². The van der Waals surface area contributed by atoms with Crippen molar-refractivity contribution >= 4 is 28.2 Å². The number of Topliss-reactive ketones (excluding diaryl/α,β-unsaturated/α-hetero) is 1. The van der Waals surface area contributed by atoms with E-state index in [2.05, 4.69) is 34.6 Å². The molecular formula is C18H23N5O2S. The Morgan fingerprint density at radius 3 is 2.92 bits per heavy atom. The third kappa shape index (κ3) is 3.19. The first-order chi connectivity index (χ1) is 12.3. The number of aromatic nitrogens is 3. The normalized spacial score (nSPS) is 24.5. The van der Waals surface area contributed by atoms with Crippen LogP contribution >= 0.6 is 11.3 Å². The van der Waals surface area contributed by atoms with Gasteiger partial charge >= 0.3 is 0 Å². The number of nitrogens with one attached hydrogen (secondary N) is 2. The van der Waals surface area contributed by atoms with Gasteiger partial charge in [-0.1, -0.05) is 25.2 Å². The summed E-state index contributed by atoms with van der Waals surface area (Å²) in [6, 6.07) is 0. The van der Waals surface area contributed by atoms with Crippen LogP contribution in [0.25, 0.3) is 0 Å². The Kier molecular flexibility index (Phi) is 4.19. The largest absolute Gasteiger partial charge is 0.315 e.